The predicted molar refractivity (Wildman–Crippen MR) is 87.9 cm³/mol. The van der Waals surface area contributed by atoms with Crippen LogP contribution in [-0.4, -0.2) is 20.1 Å². The van der Waals surface area contributed by atoms with Gasteiger partial charge in [-0.05, 0) is 42.3 Å². The summed E-state index contributed by atoms with van der Waals surface area (Å²) in [6.07, 6.45) is 0. The van der Waals surface area contributed by atoms with Gasteiger partial charge in [-0.1, -0.05) is 18.2 Å². The van der Waals surface area contributed by atoms with E-state index in [1.54, 1.807) is 38.5 Å². The number of carbonyl (C=O) groups is 1. The fraction of sp³-hybridized carbons (Fsp3) is 0.235. The van der Waals surface area contributed by atoms with Crippen LogP contribution in [0.5, 0.6) is 11.5 Å². The van der Waals surface area contributed by atoms with Gasteiger partial charge in [0.05, 0.1) is 19.9 Å². The van der Waals surface area contributed by atoms with Gasteiger partial charge < -0.3 is 14.8 Å². The maximum atomic E-state index is 12.3. The highest BCUT2D eigenvalue weighted by molar-refractivity contribution is 6.32. The van der Waals surface area contributed by atoms with Crippen LogP contribution in [0.1, 0.15) is 16.5 Å². The first kappa shape index (κ1) is 16.2. The van der Waals surface area contributed by atoms with Crippen molar-refractivity contribution in [3.05, 3.63) is 53.6 Å². The van der Waals surface area contributed by atoms with Crippen molar-refractivity contribution in [3.8, 4) is 11.5 Å². The molecule has 5 heteroatoms. The van der Waals surface area contributed by atoms with Crippen LogP contribution in [-0.2, 0) is 4.79 Å². The van der Waals surface area contributed by atoms with Crippen molar-refractivity contribution in [1.82, 2.24) is 0 Å². The zero-order valence-corrected chi connectivity index (χ0v) is 13.5. The van der Waals surface area contributed by atoms with Gasteiger partial charge in [-0.25, -0.2) is 0 Å². The number of hydrogen-bond donors (Lipinski definition) is 1. The summed E-state index contributed by atoms with van der Waals surface area (Å²) >= 11 is 6.24. The monoisotopic (exact) mass is 319 g/mol. The van der Waals surface area contributed by atoms with Crippen LogP contribution < -0.4 is 14.8 Å². The second-order valence-corrected chi connectivity index (χ2v) is 5.27. The number of hydrogen-bond acceptors (Lipinski definition) is 3. The molecular weight excluding hydrogens is 302 g/mol. The Labute approximate surface area is 135 Å². The highest BCUT2D eigenvalue weighted by Crippen LogP contribution is 2.29. The van der Waals surface area contributed by atoms with Crippen molar-refractivity contribution in [3.63, 3.8) is 0 Å². The third-order valence-electron chi connectivity index (χ3n) is 3.25. The minimum Gasteiger partial charge on any atom is -0.497 e. The summed E-state index contributed by atoms with van der Waals surface area (Å²) < 4.78 is 10.3. The molecule has 22 heavy (non-hydrogen) atoms. The number of halogens is 1. The first-order valence-corrected chi connectivity index (χ1v) is 7.22. The lowest BCUT2D eigenvalue weighted by molar-refractivity contribution is -0.116. The number of alkyl halides is 1. The van der Waals surface area contributed by atoms with Gasteiger partial charge in [0.1, 0.15) is 16.9 Å². The summed E-state index contributed by atoms with van der Waals surface area (Å²) in [5, 5.41) is 2.01. The van der Waals surface area contributed by atoms with Crippen LogP contribution in [0.2, 0.25) is 0 Å². The number of rotatable bonds is 5. The maximum absolute atomic E-state index is 12.3. The molecule has 4 nitrogen and oxygen atoms in total. The first-order valence-electron chi connectivity index (χ1n) is 6.78. The minimum atomic E-state index is -0.795. The van der Waals surface area contributed by atoms with Crippen molar-refractivity contribution in [2.75, 3.05) is 19.5 Å². The molecule has 1 N–H and O–H groups in total. The van der Waals surface area contributed by atoms with E-state index >= 15 is 0 Å². The van der Waals surface area contributed by atoms with Crippen LogP contribution in [0.4, 0.5) is 5.69 Å². The largest absolute Gasteiger partial charge is 0.497 e. The van der Waals surface area contributed by atoms with Gasteiger partial charge in [0.2, 0.25) is 5.91 Å². The van der Waals surface area contributed by atoms with E-state index in [0.29, 0.717) is 22.7 Å². The summed E-state index contributed by atoms with van der Waals surface area (Å²) in [4.78, 5) is 12.3. The van der Waals surface area contributed by atoms with E-state index in [1.807, 2.05) is 25.1 Å². The Morgan fingerprint density at radius 2 is 1.77 bits per heavy atom. The molecule has 0 fully saturated rings. The molecular formula is C17H18ClNO3. The zero-order valence-electron chi connectivity index (χ0n) is 12.7. The number of methoxy groups -OCH3 is 2. The lowest BCUT2D eigenvalue weighted by atomic mass is 10.1. The zero-order chi connectivity index (χ0) is 16.1. The van der Waals surface area contributed by atoms with Crippen molar-refractivity contribution < 1.29 is 14.3 Å². The third-order valence-corrected chi connectivity index (χ3v) is 3.70. The maximum Gasteiger partial charge on any atom is 0.247 e. The fourth-order valence-corrected chi connectivity index (χ4v) is 2.24. The van der Waals surface area contributed by atoms with Gasteiger partial charge in [-0.3, -0.25) is 4.79 Å². The molecule has 1 amide bonds. The Kier molecular flexibility index (Phi) is 5.28. The minimum absolute atomic E-state index is 0.310. The van der Waals surface area contributed by atoms with Gasteiger partial charge in [0.25, 0.3) is 0 Å². The summed E-state index contributed by atoms with van der Waals surface area (Å²) in [5.74, 6) is 1.00. The number of benzene rings is 2. The lowest BCUT2D eigenvalue weighted by Crippen LogP contribution is -2.17. The standard InChI is InChI=1S/C17H18ClNO3/c1-11-4-9-15(22-3)14(10-11)19-17(20)16(18)12-5-7-13(21-2)8-6-12/h4-10,16H,1-3H3,(H,19,20). The Balaban J connectivity index is 2.15. The van der Waals surface area contributed by atoms with Crippen molar-refractivity contribution in [2.24, 2.45) is 0 Å². The number of nitrogens with one attached hydrogen (secondary N) is 1. The fourth-order valence-electron chi connectivity index (χ4n) is 2.04. The second kappa shape index (κ2) is 7.18. The molecule has 0 radical (unpaired) electrons. The molecule has 2 aromatic carbocycles. The Bertz CT molecular complexity index is 655. The summed E-state index contributed by atoms with van der Waals surface area (Å²) in [6, 6.07) is 12.6. The third kappa shape index (κ3) is 3.71. The number of aryl methyl sites for hydroxylation is 1. The van der Waals surface area contributed by atoms with E-state index in [0.717, 1.165) is 5.56 Å². The van der Waals surface area contributed by atoms with Crippen LogP contribution >= 0.6 is 11.6 Å². The van der Waals surface area contributed by atoms with E-state index in [-0.39, 0.29) is 5.91 Å². The molecule has 0 aliphatic carbocycles. The van der Waals surface area contributed by atoms with Crippen molar-refractivity contribution in [1.29, 1.82) is 0 Å². The van der Waals surface area contributed by atoms with Crippen molar-refractivity contribution in [2.45, 2.75) is 12.3 Å². The van der Waals surface area contributed by atoms with Gasteiger partial charge in [0.15, 0.2) is 0 Å². The van der Waals surface area contributed by atoms with Gasteiger partial charge in [-0.2, -0.15) is 0 Å². The highest BCUT2D eigenvalue weighted by atomic mass is 35.5. The summed E-state index contributed by atoms with van der Waals surface area (Å²) in [5.41, 5.74) is 2.32. The normalized spacial score (nSPS) is 11.6. The first-order chi connectivity index (χ1) is 10.5. The molecule has 0 heterocycles. The molecule has 0 aliphatic heterocycles. The van der Waals surface area contributed by atoms with E-state index in [9.17, 15) is 4.79 Å². The van der Waals surface area contributed by atoms with Gasteiger partial charge in [0, 0.05) is 0 Å². The van der Waals surface area contributed by atoms with Gasteiger partial charge in [-0.15, -0.1) is 11.6 Å². The molecule has 0 aliphatic rings. The highest BCUT2D eigenvalue weighted by Gasteiger charge is 2.19. The molecule has 1 unspecified atom stereocenters. The van der Waals surface area contributed by atoms with Crippen LogP contribution in [0.3, 0.4) is 0 Å². The van der Waals surface area contributed by atoms with E-state index in [2.05, 4.69) is 5.32 Å². The predicted octanol–water partition coefficient (Wildman–Crippen LogP) is 3.93. The Morgan fingerprint density at radius 1 is 1.09 bits per heavy atom. The molecule has 0 bridgehead atoms. The SMILES string of the molecule is COc1ccc(C(Cl)C(=O)Nc2cc(C)ccc2OC)cc1. The molecule has 0 saturated carbocycles. The lowest BCUT2D eigenvalue weighted by Gasteiger charge is -2.14. The Morgan fingerprint density at radius 3 is 2.36 bits per heavy atom. The van der Waals surface area contributed by atoms with Gasteiger partial charge >= 0.3 is 0 Å². The number of carbonyl (C=O) groups excluding carboxylic acids is 1. The van der Waals surface area contributed by atoms with E-state index < -0.39 is 5.38 Å². The quantitative estimate of drug-likeness (QED) is 0.849. The molecule has 116 valence electrons. The number of amides is 1. The molecule has 0 spiro atoms. The molecule has 0 aromatic heterocycles. The topological polar surface area (TPSA) is 47.6 Å². The summed E-state index contributed by atoms with van der Waals surface area (Å²) in [7, 11) is 3.14. The molecule has 1 atom stereocenters. The Hall–Kier alpha value is -2.20. The number of ether oxygens (including phenoxy) is 2. The van der Waals surface area contributed by atoms with E-state index in [4.69, 9.17) is 21.1 Å². The molecule has 0 saturated heterocycles. The van der Waals surface area contributed by atoms with Crippen LogP contribution in [0.25, 0.3) is 0 Å². The van der Waals surface area contributed by atoms with E-state index in [1.165, 1.54) is 0 Å². The number of anilines is 1. The van der Waals surface area contributed by atoms with Crippen LogP contribution in [0.15, 0.2) is 42.5 Å². The van der Waals surface area contributed by atoms with Crippen molar-refractivity contribution >= 4 is 23.2 Å². The smallest absolute Gasteiger partial charge is 0.247 e. The second-order valence-electron chi connectivity index (χ2n) is 4.83. The average Bonchev–Trinajstić information content (AvgIpc) is 2.54. The molecule has 2 aromatic rings. The summed E-state index contributed by atoms with van der Waals surface area (Å²) in [6.45, 7) is 1.94. The van der Waals surface area contributed by atoms with Crippen LogP contribution in [0, 0.1) is 6.92 Å². The average molecular weight is 320 g/mol. The molecule has 2 rings (SSSR count).